The number of hydrogen-bond donors (Lipinski definition) is 1. The maximum atomic E-state index is 12.0. The van der Waals surface area contributed by atoms with Gasteiger partial charge in [0.05, 0.1) is 7.11 Å². The Hall–Kier alpha value is -2.73. The topological polar surface area (TPSA) is 60.0 Å². The number of carbonyl (C=O) groups is 1. The molecular weight excluding hydrogens is 344 g/mol. The van der Waals surface area contributed by atoms with Crippen LogP contribution in [0.5, 0.6) is 17.2 Å². The monoisotopic (exact) mass is 370 g/mol. The number of unbranched alkanes of at least 4 members (excludes halogenated alkanes) is 1. The second-order valence-corrected chi connectivity index (χ2v) is 6.54. The summed E-state index contributed by atoms with van der Waals surface area (Å²) in [4.78, 5) is 14.2. The molecule has 0 spiro atoms. The van der Waals surface area contributed by atoms with Gasteiger partial charge in [-0.3, -0.25) is 9.69 Å². The normalized spacial score (nSPS) is 15.4. The first-order valence-corrected chi connectivity index (χ1v) is 9.18. The first kappa shape index (κ1) is 19.0. The molecule has 0 aromatic heterocycles. The number of methoxy groups -OCH3 is 1. The summed E-state index contributed by atoms with van der Waals surface area (Å²) >= 11 is 0. The molecule has 6 nitrogen and oxygen atoms in total. The van der Waals surface area contributed by atoms with Gasteiger partial charge in [0.1, 0.15) is 12.4 Å². The Bertz CT molecular complexity index is 748. The average molecular weight is 370 g/mol. The third kappa shape index (κ3) is 5.37. The highest BCUT2D eigenvalue weighted by atomic mass is 16.6. The number of nitrogens with one attached hydrogen (secondary N) is 1. The number of carbonyl (C=O) groups excluding carboxylic acids is 1. The number of anilines is 1. The van der Waals surface area contributed by atoms with Crippen molar-refractivity contribution in [2.24, 2.45) is 0 Å². The molecule has 1 aliphatic heterocycles. The van der Waals surface area contributed by atoms with Gasteiger partial charge in [-0.2, -0.15) is 0 Å². The summed E-state index contributed by atoms with van der Waals surface area (Å²) in [7, 11) is 3.63. The van der Waals surface area contributed by atoms with E-state index in [9.17, 15) is 4.79 Å². The minimum atomic E-state index is -0.104. The number of para-hydroxylation sites is 2. The number of hydrogen-bond acceptors (Lipinski definition) is 5. The van der Waals surface area contributed by atoms with Crippen LogP contribution < -0.4 is 19.5 Å². The molecule has 1 atom stereocenters. The van der Waals surface area contributed by atoms with Gasteiger partial charge in [0.15, 0.2) is 17.7 Å². The van der Waals surface area contributed by atoms with Gasteiger partial charge in [-0.25, -0.2) is 0 Å². The molecule has 0 aliphatic carbocycles. The molecule has 27 heavy (non-hydrogen) atoms. The van der Waals surface area contributed by atoms with E-state index in [1.165, 1.54) is 0 Å². The highest BCUT2D eigenvalue weighted by molar-refractivity contribution is 5.90. The second kappa shape index (κ2) is 9.28. The lowest BCUT2D eigenvalue weighted by molar-refractivity contribution is -0.116. The first-order valence-electron chi connectivity index (χ1n) is 9.18. The van der Waals surface area contributed by atoms with Crippen molar-refractivity contribution in [3.8, 4) is 17.2 Å². The third-order valence-corrected chi connectivity index (χ3v) is 4.52. The maximum Gasteiger partial charge on any atom is 0.224 e. The molecule has 0 radical (unpaired) electrons. The van der Waals surface area contributed by atoms with Gasteiger partial charge in [-0.05, 0) is 56.3 Å². The molecular formula is C21H26N2O4. The zero-order chi connectivity index (χ0) is 19.1. The first-order chi connectivity index (χ1) is 13.2. The number of likely N-dealkylation sites (N-methyl/N-ethyl adjacent to an activating group) is 1. The highest BCUT2D eigenvalue weighted by Gasteiger charge is 2.23. The van der Waals surface area contributed by atoms with E-state index < -0.39 is 0 Å². The predicted octanol–water partition coefficient (Wildman–Crippen LogP) is 3.53. The van der Waals surface area contributed by atoms with Crippen LogP contribution in [0.25, 0.3) is 0 Å². The van der Waals surface area contributed by atoms with Crippen LogP contribution >= 0.6 is 0 Å². The van der Waals surface area contributed by atoms with Crippen molar-refractivity contribution in [3.05, 3.63) is 48.5 Å². The standard InChI is InChI=1S/C21H26N2O4/c1-23(21-15-26-18-7-3-4-8-19(18)27-21)14-6-5-9-20(24)22-16-10-12-17(25-2)13-11-16/h3-4,7-8,10-13,21H,5-6,9,14-15H2,1-2H3,(H,22,24)/t21-/m0/s1. The van der Waals surface area contributed by atoms with Crippen molar-refractivity contribution in [1.82, 2.24) is 4.90 Å². The lowest BCUT2D eigenvalue weighted by atomic mass is 10.2. The molecule has 0 bridgehead atoms. The quantitative estimate of drug-likeness (QED) is 0.721. The van der Waals surface area contributed by atoms with Crippen LogP contribution in [0, 0.1) is 0 Å². The average Bonchev–Trinajstić information content (AvgIpc) is 2.71. The van der Waals surface area contributed by atoms with E-state index in [2.05, 4.69) is 10.2 Å². The van der Waals surface area contributed by atoms with Crippen molar-refractivity contribution in [1.29, 1.82) is 0 Å². The van der Waals surface area contributed by atoms with Gasteiger partial charge < -0.3 is 19.5 Å². The summed E-state index contributed by atoms with van der Waals surface area (Å²) in [5.74, 6) is 2.36. The Morgan fingerprint density at radius 1 is 1.15 bits per heavy atom. The largest absolute Gasteiger partial charge is 0.497 e. The lowest BCUT2D eigenvalue weighted by Crippen LogP contribution is -2.43. The number of fused-ring (bicyclic) bond motifs is 1. The molecule has 2 aromatic carbocycles. The van der Waals surface area contributed by atoms with Crippen LogP contribution in [-0.4, -0.2) is 44.3 Å². The van der Waals surface area contributed by atoms with Gasteiger partial charge in [0.2, 0.25) is 5.91 Å². The number of amides is 1. The second-order valence-electron chi connectivity index (χ2n) is 6.54. The zero-order valence-corrected chi connectivity index (χ0v) is 15.8. The molecule has 0 unspecified atom stereocenters. The minimum Gasteiger partial charge on any atom is -0.497 e. The fourth-order valence-electron chi connectivity index (χ4n) is 2.91. The highest BCUT2D eigenvalue weighted by Crippen LogP contribution is 2.31. The van der Waals surface area contributed by atoms with Gasteiger partial charge >= 0.3 is 0 Å². The maximum absolute atomic E-state index is 12.0. The number of nitrogens with zero attached hydrogens (tertiary/aromatic N) is 1. The summed E-state index contributed by atoms with van der Waals surface area (Å²) in [6, 6.07) is 15.0. The molecule has 1 aliphatic rings. The van der Waals surface area contributed by atoms with Crippen LogP contribution in [0.1, 0.15) is 19.3 Å². The smallest absolute Gasteiger partial charge is 0.224 e. The van der Waals surface area contributed by atoms with E-state index in [1.807, 2.05) is 55.6 Å². The summed E-state index contributed by atoms with van der Waals surface area (Å²) in [5.41, 5.74) is 0.782. The van der Waals surface area contributed by atoms with Crippen molar-refractivity contribution >= 4 is 11.6 Å². The van der Waals surface area contributed by atoms with Crippen LogP contribution in [0.4, 0.5) is 5.69 Å². The van der Waals surface area contributed by atoms with E-state index in [4.69, 9.17) is 14.2 Å². The summed E-state index contributed by atoms with van der Waals surface area (Å²) in [6.07, 6.45) is 2.11. The minimum absolute atomic E-state index is 0.0222. The Morgan fingerprint density at radius 2 is 1.89 bits per heavy atom. The van der Waals surface area contributed by atoms with Crippen molar-refractivity contribution < 1.29 is 19.0 Å². The number of benzene rings is 2. The Morgan fingerprint density at radius 3 is 2.63 bits per heavy atom. The van der Waals surface area contributed by atoms with E-state index in [0.717, 1.165) is 42.3 Å². The van der Waals surface area contributed by atoms with E-state index >= 15 is 0 Å². The van der Waals surface area contributed by atoms with E-state index in [0.29, 0.717) is 13.0 Å². The summed E-state index contributed by atoms with van der Waals surface area (Å²) < 4.78 is 16.8. The molecule has 1 heterocycles. The SMILES string of the molecule is COc1ccc(NC(=O)CCCCN(C)[C@@H]2COc3ccccc3O2)cc1. The van der Waals surface area contributed by atoms with Crippen molar-refractivity contribution in [2.75, 3.05) is 32.6 Å². The van der Waals surface area contributed by atoms with Crippen molar-refractivity contribution in [2.45, 2.75) is 25.5 Å². The van der Waals surface area contributed by atoms with Crippen LogP contribution in [0.15, 0.2) is 48.5 Å². The lowest BCUT2D eigenvalue weighted by Gasteiger charge is -2.32. The van der Waals surface area contributed by atoms with Gasteiger partial charge in [0, 0.05) is 18.7 Å². The van der Waals surface area contributed by atoms with Gasteiger partial charge in [0.25, 0.3) is 0 Å². The summed E-state index contributed by atoms with van der Waals surface area (Å²) in [5, 5.41) is 2.90. The molecule has 0 saturated heterocycles. The number of rotatable bonds is 8. The fraction of sp³-hybridized carbons (Fsp3) is 0.381. The predicted molar refractivity (Wildman–Crippen MR) is 104 cm³/mol. The number of ether oxygens (including phenoxy) is 3. The molecule has 1 amide bonds. The molecule has 6 heteroatoms. The van der Waals surface area contributed by atoms with Gasteiger partial charge in [-0.15, -0.1) is 0 Å². The zero-order valence-electron chi connectivity index (χ0n) is 15.8. The molecule has 0 saturated carbocycles. The van der Waals surface area contributed by atoms with Gasteiger partial charge in [-0.1, -0.05) is 12.1 Å². The Balaban J connectivity index is 1.35. The van der Waals surface area contributed by atoms with Crippen LogP contribution in [0.2, 0.25) is 0 Å². The van der Waals surface area contributed by atoms with Crippen molar-refractivity contribution in [3.63, 3.8) is 0 Å². The summed E-state index contributed by atoms with van der Waals surface area (Å²) in [6.45, 7) is 1.34. The third-order valence-electron chi connectivity index (χ3n) is 4.52. The Kier molecular flexibility index (Phi) is 6.54. The molecule has 144 valence electrons. The molecule has 1 N–H and O–H groups in total. The Labute approximate surface area is 160 Å². The van der Waals surface area contributed by atoms with E-state index in [1.54, 1.807) is 7.11 Å². The molecule has 0 fully saturated rings. The fourth-order valence-corrected chi connectivity index (χ4v) is 2.91. The van der Waals surface area contributed by atoms with E-state index in [-0.39, 0.29) is 12.1 Å². The molecule has 2 aromatic rings. The van der Waals surface area contributed by atoms with Crippen LogP contribution in [-0.2, 0) is 4.79 Å². The van der Waals surface area contributed by atoms with Crippen LogP contribution in [0.3, 0.4) is 0 Å². The molecule has 3 rings (SSSR count).